The predicted octanol–water partition coefficient (Wildman–Crippen LogP) is 6.81. The molecule has 11 heteroatoms. The first-order valence-electron chi connectivity index (χ1n) is 15.8. The number of amides is 2. The maximum atomic E-state index is 13.6. The van der Waals surface area contributed by atoms with Crippen molar-refractivity contribution in [2.45, 2.75) is 83.1 Å². The van der Waals surface area contributed by atoms with E-state index in [4.69, 9.17) is 37.4 Å². The first-order valence-corrected chi connectivity index (χ1v) is 16.6. The molecule has 0 bridgehead atoms. The summed E-state index contributed by atoms with van der Waals surface area (Å²) in [7, 11) is 3.54. The molecule has 1 N–H and O–H groups in total. The van der Waals surface area contributed by atoms with Crippen LogP contribution in [0.3, 0.4) is 0 Å². The van der Waals surface area contributed by atoms with Crippen molar-refractivity contribution in [2.24, 2.45) is 13.0 Å². The lowest BCUT2D eigenvalue weighted by molar-refractivity contribution is -0.162. The minimum absolute atomic E-state index is 0.0297. The fourth-order valence-electron chi connectivity index (χ4n) is 6.40. The van der Waals surface area contributed by atoms with Crippen LogP contribution in [0.4, 0.5) is 5.69 Å². The lowest BCUT2D eigenvalue weighted by Crippen LogP contribution is -2.40. The number of carbonyl (C=O) groups is 3. The number of ether oxygens (including phenoxy) is 3. The van der Waals surface area contributed by atoms with Gasteiger partial charge in [0.05, 0.1) is 53.5 Å². The molecule has 1 aliphatic heterocycles. The number of para-hydroxylation sites is 1. The van der Waals surface area contributed by atoms with E-state index in [1.54, 1.807) is 30.3 Å². The zero-order valence-corrected chi connectivity index (χ0v) is 28.6. The molecule has 46 heavy (non-hydrogen) atoms. The molecule has 2 amide bonds. The first-order chi connectivity index (χ1) is 21.8. The van der Waals surface area contributed by atoms with Gasteiger partial charge in [-0.25, -0.2) is 0 Å². The van der Waals surface area contributed by atoms with E-state index < -0.39 is 5.60 Å². The molecule has 2 aromatic carbocycles. The highest BCUT2D eigenvalue weighted by Gasteiger charge is 2.37. The van der Waals surface area contributed by atoms with Crippen molar-refractivity contribution in [1.82, 2.24) is 9.47 Å². The number of hydrogen-bond donors (Lipinski definition) is 1. The van der Waals surface area contributed by atoms with Crippen molar-refractivity contribution in [3.05, 3.63) is 63.8 Å². The van der Waals surface area contributed by atoms with E-state index in [1.807, 2.05) is 56.7 Å². The minimum Gasteiger partial charge on any atom is -0.460 e. The summed E-state index contributed by atoms with van der Waals surface area (Å²) in [6, 6.07) is 10.7. The average molecular weight is 673 g/mol. The van der Waals surface area contributed by atoms with Gasteiger partial charge in [0, 0.05) is 42.8 Å². The van der Waals surface area contributed by atoms with E-state index in [2.05, 4.69) is 5.32 Å². The molecule has 2 heterocycles. The second kappa shape index (κ2) is 14.3. The quantitative estimate of drug-likeness (QED) is 0.251. The van der Waals surface area contributed by atoms with E-state index in [0.717, 1.165) is 36.6 Å². The van der Waals surface area contributed by atoms with E-state index >= 15 is 0 Å². The van der Waals surface area contributed by atoms with Gasteiger partial charge in [-0.2, -0.15) is 0 Å². The summed E-state index contributed by atoms with van der Waals surface area (Å²) < 4.78 is 19.4. The molecular weight excluding hydrogens is 629 g/mol. The topological polar surface area (TPSA) is 99.1 Å². The Morgan fingerprint density at radius 3 is 2.41 bits per heavy atom. The molecule has 5 rings (SSSR count). The molecule has 248 valence electrons. The molecule has 2 fully saturated rings. The first kappa shape index (κ1) is 34.2. The Labute approximate surface area is 280 Å². The average Bonchev–Trinajstić information content (AvgIpc) is 3.59. The second-order valence-electron chi connectivity index (χ2n) is 13.4. The normalized spacial score (nSPS) is 21.8. The van der Waals surface area contributed by atoms with Crippen LogP contribution in [0.1, 0.15) is 68.8 Å². The number of benzene rings is 2. The highest BCUT2D eigenvalue weighted by Crippen LogP contribution is 2.33. The van der Waals surface area contributed by atoms with Crippen LogP contribution < -0.4 is 5.32 Å². The van der Waals surface area contributed by atoms with Gasteiger partial charge in [-0.1, -0.05) is 41.4 Å². The molecule has 2 atom stereocenters. The molecule has 0 unspecified atom stereocenters. The van der Waals surface area contributed by atoms with Crippen molar-refractivity contribution in [3.63, 3.8) is 0 Å². The van der Waals surface area contributed by atoms with E-state index in [9.17, 15) is 14.4 Å². The minimum atomic E-state index is -0.494. The monoisotopic (exact) mass is 671 g/mol. The number of esters is 1. The molecule has 1 aliphatic carbocycles. The molecule has 1 aromatic heterocycles. The Kier molecular flexibility index (Phi) is 10.7. The standard InChI is InChI=1S/C35H43Cl2N3O6/c1-35(2,3)46-34(43)21-10-12-24(13-11-21)45-20-23-16-25(44-5)18-40(23)32(41)15-22-14-29(37)30(17-28(22)36)38-33(42)27-19-39(4)31-9-7-6-8-26(27)31/h6-9,14,17,19,21,23-25H,10-13,15-16,18,20H2,1-5H3,(H,38,42)/t21?,23-,24?,25-/m0/s1. The molecule has 2 aliphatic rings. The number of aryl methyl sites for hydroxylation is 1. The van der Waals surface area contributed by atoms with Crippen molar-refractivity contribution in [3.8, 4) is 0 Å². The Morgan fingerprint density at radius 1 is 1.00 bits per heavy atom. The van der Waals surface area contributed by atoms with Crippen molar-refractivity contribution < 1.29 is 28.6 Å². The van der Waals surface area contributed by atoms with Crippen molar-refractivity contribution >= 4 is 57.6 Å². The Bertz CT molecular complexity index is 1590. The van der Waals surface area contributed by atoms with Gasteiger partial charge in [-0.15, -0.1) is 0 Å². The summed E-state index contributed by atoms with van der Waals surface area (Å²) in [6.07, 6.45) is 5.43. The summed E-state index contributed by atoms with van der Waals surface area (Å²) in [5, 5.41) is 4.33. The van der Waals surface area contributed by atoms with Gasteiger partial charge in [0.1, 0.15) is 5.60 Å². The van der Waals surface area contributed by atoms with Crippen LogP contribution in [0.2, 0.25) is 10.0 Å². The zero-order chi connectivity index (χ0) is 33.2. The third-order valence-electron chi connectivity index (χ3n) is 8.84. The zero-order valence-electron chi connectivity index (χ0n) is 27.1. The van der Waals surface area contributed by atoms with Gasteiger partial charge in [0.2, 0.25) is 5.91 Å². The Morgan fingerprint density at radius 2 is 1.72 bits per heavy atom. The predicted molar refractivity (Wildman–Crippen MR) is 179 cm³/mol. The van der Waals surface area contributed by atoms with Crippen LogP contribution >= 0.6 is 23.2 Å². The van der Waals surface area contributed by atoms with Crippen LogP contribution in [0.5, 0.6) is 0 Å². The molecule has 0 spiro atoms. The van der Waals surface area contributed by atoms with E-state index in [-0.39, 0.29) is 48.4 Å². The SMILES string of the molecule is CO[C@H]1C[C@@H](COC2CCC(C(=O)OC(C)(C)C)CC2)N(C(=O)Cc2cc(Cl)c(NC(=O)c3cn(C)c4ccccc34)cc2Cl)C1. The highest BCUT2D eigenvalue weighted by atomic mass is 35.5. The molecular formula is C35H43Cl2N3O6. The van der Waals surface area contributed by atoms with Gasteiger partial charge < -0.3 is 29.0 Å². The van der Waals surface area contributed by atoms with Crippen LogP contribution in [0.25, 0.3) is 10.9 Å². The number of likely N-dealkylation sites (tertiary alicyclic amines) is 1. The summed E-state index contributed by atoms with van der Waals surface area (Å²) in [5.41, 5.74) is 1.91. The fourth-order valence-corrected chi connectivity index (χ4v) is 6.87. The van der Waals surface area contributed by atoms with Crippen LogP contribution in [-0.2, 0) is 37.3 Å². The second-order valence-corrected chi connectivity index (χ2v) is 14.2. The number of nitrogens with zero attached hydrogens (tertiary/aromatic N) is 2. The number of hydrogen-bond acceptors (Lipinski definition) is 6. The Balaban J connectivity index is 1.18. The van der Waals surface area contributed by atoms with Gasteiger partial charge in [0.25, 0.3) is 5.91 Å². The van der Waals surface area contributed by atoms with Crippen molar-refractivity contribution in [2.75, 3.05) is 25.6 Å². The largest absolute Gasteiger partial charge is 0.460 e. The lowest BCUT2D eigenvalue weighted by atomic mass is 9.87. The van der Waals surface area contributed by atoms with E-state index in [1.165, 1.54) is 0 Å². The fraction of sp³-hybridized carbons (Fsp3) is 0.514. The van der Waals surface area contributed by atoms with Crippen LogP contribution in [0, 0.1) is 5.92 Å². The van der Waals surface area contributed by atoms with Crippen LogP contribution in [-0.4, -0.2) is 71.4 Å². The molecule has 1 saturated heterocycles. The highest BCUT2D eigenvalue weighted by molar-refractivity contribution is 6.36. The van der Waals surface area contributed by atoms with Crippen LogP contribution in [0.15, 0.2) is 42.6 Å². The lowest BCUT2D eigenvalue weighted by Gasteiger charge is -2.31. The summed E-state index contributed by atoms with van der Waals surface area (Å²) >= 11 is 13.2. The summed E-state index contributed by atoms with van der Waals surface area (Å²) in [6.45, 7) is 6.49. The maximum absolute atomic E-state index is 13.6. The number of aromatic nitrogens is 1. The third kappa shape index (κ3) is 8.05. The smallest absolute Gasteiger partial charge is 0.309 e. The van der Waals surface area contributed by atoms with E-state index in [0.29, 0.717) is 46.4 Å². The number of halogens is 2. The number of fused-ring (bicyclic) bond motifs is 1. The van der Waals surface area contributed by atoms with Gasteiger partial charge in [-0.05, 0) is 76.6 Å². The maximum Gasteiger partial charge on any atom is 0.309 e. The number of carbonyl (C=O) groups excluding carboxylic acids is 3. The number of nitrogens with one attached hydrogen (secondary N) is 1. The van der Waals surface area contributed by atoms with Gasteiger partial charge in [-0.3, -0.25) is 14.4 Å². The number of rotatable bonds is 9. The third-order valence-corrected chi connectivity index (χ3v) is 9.50. The van der Waals surface area contributed by atoms with Gasteiger partial charge in [0.15, 0.2) is 0 Å². The molecule has 0 radical (unpaired) electrons. The molecule has 3 aromatic rings. The summed E-state index contributed by atoms with van der Waals surface area (Å²) in [4.78, 5) is 41.1. The summed E-state index contributed by atoms with van der Waals surface area (Å²) in [5.74, 6) is -0.647. The molecule has 1 saturated carbocycles. The number of methoxy groups -OCH3 is 1. The molecule has 9 nitrogen and oxygen atoms in total. The van der Waals surface area contributed by atoms with Gasteiger partial charge >= 0.3 is 5.97 Å². The van der Waals surface area contributed by atoms with Crippen molar-refractivity contribution in [1.29, 1.82) is 0 Å². The number of anilines is 1. The Hall–Kier alpha value is -3.11.